The minimum absolute atomic E-state index is 0.0803. The number of hydrogen-bond donors (Lipinski definition) is 2. The minimum Gasteiger partial charge on any atom is -0.462 e. The first-order valence-corrected chi connectivity index (χ1v) is 11.3. The molecule has 8 nitrogen and oxygen atoms in total. The van der Waals surface area contributed by atoms with E-state index >= 15 is 0 Å². The molecule has 2 rings (SSSR count). The summed E-state index contributed by atoms with van der Waals surface area (Å²) in [6.07, 6.45) is 3.60. The number of hydrogen-bond acceptors (Lipinski definition) is 8. The fourth-order valence-electron chi connectivity index (χ4n) is 2.94. The third kappa shape index (κ3) is 7.33. The van der Waals surface area contributed by atoms with Gasteiger partial charge in [-0.25, -0.2) is 9.59 Å². The summed E-state index contributed by atoms with van der Waals surface area (Å²) < 4.78 is 10.2. The first kappa shape index (κ1) is 26.9. The molecule has 2 heterocycles. The van der Waals surface area contributed by atoms with Crippen LogP contribution in [0, 0.1) is 0 Å². The van der Waals surface area contributed by atoms with E-state index in [9.17, 15) is 19.8 Å². The Hall–Kier alpha value is -3.36. The van der Waals surface area contributed by atoms with Crippen molar-refractivity contribution in [3.8, 4) is 11.4 Å². The van der Waals surface area contributed by atoms with Crippen LogP contribution in [-0.4, -0.2) is 45.3 Å². The molecule has 0 spiro atoms. The molecule has 0 aliphatic heterocycles. The van der Waals surface area contributed by atoms with Gasteiger partial charge in [-0.3, -0.25) is 9.97 Å². The zero-order chi connectivity index (χ0) is 25.1. The quantitative estimate of drug-likeness (QED) is 0.257. The summed E-state index contributed by atoms with van der Waals surface area (Å²) in [5.41, 5.74) is 1.41. The smallest absolute Gasteiger partial charge is 0.336 e. The van der Waals surface area contributed by atoms with Gasteiger partial charge in [-0.05, 0) is 48.2 Å². The topological polar surface area (TPSA) is 119 Å². The third-order valence-corrected chi connectivity index (χ3v) is 5.11. The van der Waals surface area contributed by atoms with Gasteiger partial charge >= 0.3 is 11.9 Å². The van der Waals surface area contributed by atoms with E-state index in [0.29, 0.717) is 22.5 Å². The molecule has 182 valence electrons. The third-order valence-electron chi connectivity index (χ3n) is 5.11. The van der Waals surface area contributed by atoms with Crippen molar-refractivity contribution in [3.63, 3.8) is 0 Å². The predicted molar refractivity (Wildman–Crippen MR) is 127 cm³/mol. The number of esters is 2. The molecule has 2 atom stereocenters. The van der Waals surface area contributed by atoms with Crippen LogP contribution in [0.5, 0.6) is 0 Å². The molecule has 0 radical (unpaired) electrons. The maximum absolute atomic E-state index is 12.1. The standard InChI is InChI=1S/C26H32N2O6/c1-5-7-13-33-25(31)17(3)23(29)19-9-11-27-21(15-19)22-16-20(10-12-28-22)24(30)18(4)26(32)34-14-8-6-2/h9-12,15-16,23-24,29-30H,3-8,13-14H2,1-2H3. The number of carbonyl (C=O) groups excluding carboxylic acids is 2. The SMILES string of the molecule is C=C(C(=O)OCCCC)C(O)c1ccnc(-c2cc(C(O)C(=C)C(=O)OCCCC)ccn2)c1. The lowest BCUT2D eigenvalue weighted by Crippen LogP contribution is -2.15. The molecule has 0 saturated carbocycles. The van der Waals surface area contributed by atoms with Gasteiger partial charge in [0.25, 0.3) is 0 Å². The summed E-state index contributed by atoms with van der Waals surface area (Å²) in [6.45, 7) is 11.8. The minimum atomic E-state index is -1.28. The number of pyridine rings is 2. The highest BCUT2D eigenvalue weighted by Crippen LogP contribution is 2.27. The summed E-state index contributed by atoms with van der Waals surface area (Å²) in [5, 5.41) is 21.2. The van der Waals surface area contributed by atoms with Crippen LogP contribution in [0.2, 0.25) is 0 Å². The molecule has 0 aromatic carbocycles. The number of aliphatic hydroxyl groups is 2. The predicted octanol–water partition coefficient (Wildman–Crippen LogP) is 4.01. The van der Waals surface area contributed by atoms with Crippen molar-refractivity contribution in [1.82, 2.24) is 9.97 Å². The summed E-state index contributed by atoms with van der Waals surface area (Å²) in [4.78, 5) is 32.8. The van der Waals surface area contributed by atoms with Crippen molar-refractivity contribution >= 4 is 11.9 Å². The summed E-state index contributed by atoms with van der Waals surface area (Å²) in [6, 6.07) is 6.26. The molecule has 0 amide bonds. The van der Waals surface area contributed by atoms with E-state index in [1.54, 1.807) is 24.3 Å². The monoisotopic (exact) mass is 468 g/mol. The Morgan fingerprint density at radius 1 is 0.824 bits per heavy atom. The second-order valence-corrected chi connectivity index (χ2v) is 7.78. The molecule has 2 aromatic rings. The van der Waals surface area contributed by atoms with E-state index in [4.69, 9.17) is 9.47 Å². The molecule has 8 heteroatoms. The van der Waals surface area contributed by atoms with Crippen molar-refractivity contribution in [1.29, 1.82) is 0 Å². The van der Waals surface area contributed by atoms with Gasteiger partial charge in [-0.1, -0.05) is 39.8 Å². The van der Waals surface area contributed by atoms with Crippen LogP contribution in [0.25, 0.3) is 11.4 Å². The van der Waals surface area contributed by atoms with Crippen LogP contribution in [0.15, 0.2) is 61.0 Å². The molecule has 2 unspecified atom stereocenters. The Balaban J connectivity index is 2.17. The van der Waals surface area contributed by atoms with Crippen molar-refractivity contribution in [3.05, 3.63) is 72.1 Å². The van der Waals surface area contributed by atoms with Crippen LogP contribution in [0.1, 0.15) is 62.9 Å². The molecule has 2 N–H and O–H groups in total. The molecular weight excluding hydrogens is 436 g/mol. The Kier molecular flexibility index (Phi) is 10.6. The number of aromatic nitrogens is 2. The summed E-state index contributed by atoms with van der Waals surface area (Å²) >= 11 is 0. The highest BCUT2D eigenvalue weighted by molar-refractivity contribution is 5.89. The maximum atomic E-state index is 12.1. The Morgan fingerprint density at radius 3 is 1.56 bits per heavy atom. The molecule has 0 fully saturated rings. The second kappa shape index (κ2) is 13.4. The van der Waals surface area contributed by atoms with E-state index in [1.165, 1.54) is 12.4 Å². The average Bonchev–Trinajstić information content (AvgIpc) is 2.87. The highest BCUT2D eigenvalue weighted by atomic mass is 16.5. The van der Waals surface area contributed by atoms with E-state index in [1.807, 2.05) is 13.8 Å². The van der Waals surface area contributed by atoms with Crippen LogP contribution >= 0.6 is 0 Å². The van der Waals surface area contributed by atoms with Gasteiger partial charge in [0.1, 0.15) is 12.2 Å². The lowest BCUT2D eigenvalue weighted by Gasteiger charge is -2.15. The Labute approximate surface area is 200 Å². The van der Waals surface area contributed by atoms with Crippen LogP contribution in [-0.2, 0) is 19.1 Å². The number of aliphatic hydroxyl groups excluding tert-OH is 2. The molecule has 2 aromatic heterocycles. The van der Waals surface area contributed by atoms with Gasteiger partial charge in [-0.2, -0.15) is 0 Å². The average molecular weight is 469 g/mol. The normalized spacial score (nSPS) is 12.5. The van der Waals surface area contributed by atoms with Gasteiger partial charge < -0.3 is 19.7 Å². The first-order valence-electron chi connectivity index (χ1n) is 11.3. The molecular formula is C26H32N2O6. The highest BCUT2D eigenvalue weighted by Gasteiger charge is 2.22. The number of unbranched alkanes of at least 4 members (excludes halogenated alkanes) is 2. The van der Waals surface area contributed by atoms with Gasteiger partial charge in [0.2, 0.25) is 0 Å². The van der Waals surface area contributed by atoms with Gasteiger partial charge in [0.15, 0.2) is 0 Å². The zero-order valence-corrected chi connectivity index (χ0v) is 19.7. The first-order chi connectivity index (χ1) is 16.3. The van der Waals surface area contributed by atoms with Crippen molar-refractivity contribution < 1.29 is 29.3 Å². The van der Waals surface area contributed by atoms with Gasteiger partial charge in [0.05, 0.1) is 35.7 Å². The lowest BCUT2D eigenvalue weighted by molar-refractivity contribution is -0.141. The van der Waals surface area contributed by atoms with E-state index < -0.39 is 24.1 Å². The van der Waals surface area contributed by atoms with Crippen molar-refractivity contribution in [2.45, 2.75) is 51.7 Å². The lowest BCUT2D eigenvalue weighted by atomic mass is 10.0. The van der Waals surface area contributed by atoms with Gasteiger partial charge in [-0.15, -0.1) is 0 Å². The number of rotatable bonds is 13. The Morgan fingerprint density at radius 2 is 1.21 bits per heavy atom. The molecule has 0 aliphatic rings. The van der Waals surface area contributed by atoms with E-state index in [2.05, 4.69) is 23.1 Å². The number of ether oxygens (including phenoxy) is 2. The number of nitrogens with zero attached hydrogens (tertiary/aromatic N) is 2. The maximum Gasteiger partial charge on any atom is 0.336 e. The zero-order valence-electron chi connectivity index (χ0n) is 19.7. The second-order valence-electron chi connectivity index (χ2n) is 7.78. The molecule has 0 aliphatic carbocycles. The summed E-state index contributed by atoms with van der Waals surface area (Å²) in [5.74, 6) is -1.32. The van der Waals surface area contributed by atoms with E-state index in [-0.39, 0.29) is 24.4 Å². The molecule has 0 saturated heterocycles. The van der Waals surface area contributed by atoms with Gasteiger partial charge in [0, 0.05) is 12.4 Å². The summed E-state index contributed by atoms with van der Waals surface area (Å²) in [7, 11) is 0. The molecule has 34 heavy (non-hydrogen) atoms. The number of carbonyl (C=O) groups is 2. The fourth-order valence-corrected chi connectivity index (χ4v) is 2.94. The van der Waals surface area contributed by atoms with Crippen molar-refractivity contribution in [2.24, 2.45) is 0 Å². The molecule has 0 bridgehead atoms. The fraction of sp³-hybridized carbons (Fsp3) is 0.385. The van der Waals surface area contributed by atoms with Crippen molar-refractivity contribution in [2.75, 3.05) is 13.2 Å². The Bertz CT molecular complexity index is 938. The largest absolute Gasteiger partial charge is 0.462 e. The van der Waals surface area contributed by atoms with Crippen LogP contribution in [0.3, 0.4) is 0 Å². The van der Waals surface area contributed by atoms with E-state index in [0.717, 1.165) is 25.7 Å². The van der Waals surface area contributed by atoms with Crippen LogP contribution in [0.4, 0.5) is 0 Å². The van der Waals surface area contributed by atoms with Crippen LogP contribution < -0.4 is 0 Å².